The van der Waals surface area contributed by atoms with Crippen molar-refractivity contribution in [3.8, 4) is 0 Å². The molecule has 0 aromatic heterocycles. The molecule has 1 heterocycles. The minimum Gasteiger partial charge on any atom is -0.429 e. The molecule has 1 aliphatic heterocycles. The third-order valence-corrected chi connectivity index (χ3v) is 1.45. The summed E-state index contributed by atoms with van der Waals surface area (Å²) in [6, 6.07) is 0. The maximum absolute atomic E-state index is 9.89. The van der Waals surface area contributed by atoms with Gasteiger partial charge in [-0.25, -0.2) is 0 Å². The van der Waals surface area contributed by atoms with Crippen LogP contribution in [0, 0.1) is 0 Å². The van der Waals surface area contributed by atoms with Crippen LogP contribution < -0.4 is 0 Å². The molecule has 0 saturated carbocycles. The summed E-state index contributed by atoms with van der Waals surface area (Å²) in [7, 11) is 0. The van der Waals surface area contributed by atoms with Crippen LogP contribution in [0.4, 0.5) is 4.79 Å². The minimum absolute atomic E-state index is 0.0359. The monoisotopic (exact) mass is 175 g/mol. The Hall–Kier alpha value is -0.810. The normalized spacial score (nSPS) is 27.0. The highest BCUT2D eigenvalue weighted by atomic mass is 16.8. The van der Waals surface area contributed by atoms with Gasteiger partial charge in [-0.2, -0.15) is 9.90 Å². The Bertz CT molecular complexity index is 177. The van der Waals surface area contributed by atoms with E-state index in [1.807, 2.05) is 0 Å². The van der Waals surface area contributed by atoms with Gasteiger partial charge in [0.15, 0.2) is 5.79 Å². The molecular formula is C7H11O5. The first-order valence-corrected chi connectivity index (χ1v) is 3.65. The molecule has 12 heavy (non-hydrogen) atoms. The number of ether oxygens (including phenoxy) is 3. The number of rotatable bonds is 2. The van der Waals surface area contributed by atoms with Crippen LogP contribution in [-0.2, 0) is 19.3 Å². The Balaban J connectivity index is 2.24. The van der Waals surface area contributed by atoms with Crippen molar-refractivity contribution in [2.75, 3.05) is 13.2 Å². The average Bonchev–Trinajstić information content (AvgIpc) is 2.26. The summed E-state index contributed by atoms with van der Waals surface area (Å²) in [6.07, 6.45) is -1.86. The molecule has 0 aromatic rings. The van der Waals surface area contributed by atoms with Crippen LogP contribution >= 0.6 is 0 Å². The topological polar surface area (TPSA) is 64.7 Å². The standard InChI is InChI=1S/C7H11O5/c1-7(2)11-4-5(12-7)3-10-6(8)9/h5H,3-4H2,1-2H3/t5-/m0/s1. The highest BCUT2D eigenvalue weighted by molar-refractivity contribution is 5.56. The largest absolute Gasteiger partial charge is 0.550 e. The van der Waals surface area contributed by atoms with Crippen LogP contribution in [0.15, 0.2) is 0 Å². The maximum Gasteiger partial charge on any atom is 0.550 e. The number of hydrogen-bond acceptors (Lipinski definition) is 4. The molecule has 0 aliphatic carbocycles. The fraction of sp³-hybridized carbons (Fsp3) is 0.857. The lowest BCUT2D eigenvalue weighted by molar-refractivity contribution is -0.143. The Morgan fingerprint density at radius 1 is 1.67 bits per heavy atom. The molecule has 69 valence electrons. The molecule has 1 rings (SSSR count). The highest BCUT2D eigenvalue weighted by Gasteiger charge is 2.33. The molecule has 1 aliphatic rings. The van der Waals surface area contributed by atoms with Gasteiger partial charge in [-0.05, 0) is 13.8 Å². The van der Waals surface area contributed by atoms with Gasteiger partial charge in [0.05, 0.1) is 6.61 Å². The summed E-state index contributed by atoms with van der Waals surface area (Å²) >= 11 is 0. The van der Waals surface area contributed by atoms with Gasteiger partial charge in [-0.15, -0.1) is 0 Å². The van der Waals surface area contributed by atoms with Gasteiger partial charge in [0.25, 0.3) is 0 Å². The van der Waals surface area contributed by atoms with Crippen LogP contribution in [0.3, 0.4) is 0 Å². The van der Waals surface area contributed by atoms with Crippen molar-refractivity contribution in [1.29, 1.82) is 0 Å². The Labute approximate surface area is 70.2 Å². The summed E-state index contributed by atoms with van der Waals surface area (Å²) in [6.45, 7) is 3.82. The van der Waals surface area contributed by atoms with Crippen LogP contribution in [0.5, 0.6) is 0 Å². The van der Waals surface area contributed by atoms with E-state index in [1.54, 1.807) is 13.8 Å². The van der Waals surface area contributed by atoms with Gasteiger partial charge >= 0.3 is 6.16 Å². The predicted molar refractivity (Wildman–Crippen MR) is 36.9 cm³/mol. The molecule has 0 unspecified atom stereocenters. The Morgan fingerprint density at radius 2 is 2.33 bits per heavy atom. The van der Waals surface area contributed by atoms with Crippen LogP contribution in [-0.4, -0.2) is 31.3 Å². The van der Waals surface area contributed by atoms with E-state index in [-0.39, 0.29) is 12.7 Å². The zero-order valence-corrected chi connectivity index (χ0v) is 7.03. The molecule has 5 nitrogen and oxygen atoms in total. The van der Waals surface area contributed by atoms with Crippen molar-refractivity contribution in [3.05, 3.63) is 0 Å². The third-order valence-electron chi connectivity index (χ3n) is 1.45. The second-order valence-electron chi connectivity index (χ2n) is 3.01. The van der Waals surface area contributed by atoms with Crippen LogP contribution in [0.2, 0.25) is 0 Å². The lowest BCUT2D eigenvalue weighted by Crippen LogP contribution is -2.24. The van der Waals surface area contributed by atoms with Crippen LogP contribution in [0.25, 0.3) is 0 Å². The summed E-state index contributed by atoms with van der Waals surface area (Å²) in [5.41, 5.74) is 0. The summed E-state index contributed by atoms with van der Waals surface area (Å²) in [4.78, 5) is 9.89. The fourth-order valence-electron chi connectivity index (χ4n) is 1.01. The van der Waals surface area contributed by atoms with Gasteiger partial charge in [-0.3, -0.25) is 0 Å². The molecule has 1 fully saturated rings. The quantitative estimate of drug-likeness (QED) is 0.579. The Kier molecular flexibility index (Phi) is 2.54. The van der Waals surface area contributed by atoms with Gasteiger partial charge < -0.3 is 14.2 Å². The smallest absolute Gasteiger partial charge is 0.429 e. The molecule has 1 radical (unpaired) electrons. The maximum atomic E-state index is 9.89. The van der Waals surface area contributed by atoms with Crippen molar-refractivity contribution in [2.45, 2.75) is 25.7 Å². The number of hydrogen-bond donors (Lipinski definition) is 0. The Morgan fingerprint density at radius 3 is 2.75 bits per heavy atom. The minimum atomic E-state index is -1.54. The second kappa shape index (κ2) is 3.28. The molecule has 0 N–H and O–H groups in total. The van der Waals surface area contributed by atoms with E-state index in [0.29, 0.717) is 6.61 Å². The number of carbonyl (C=O) groups is 1. The molecule has 0 aromatic carbocycles. The molecule has 0 spiro atoms. The van der Waals surface area contributed by atoms with Gasteiger partial charge in [0, 0.05) is 0 Å². The third kappa shape index (κ3) is 2.67. The van der Waals surface area contributed by atoms with Crippen molar-refractivity contribution in [1.82, 2.24) is 0 Å². The predicted octanol–water partition coefficient (Wildman–Crippen LogP) is 0.705. The first-order valence-electron chi connectivity index (χ1n) is 3.65. The summed E-state index contributed by atoms with van der Waals surface area (Å²) < 4.78 is 14.7. The first kappa shape index (κ1) is 9.28. The molecule has 0 amide bonds. The van der Waals surface area contributed by atoms with E-state index in [2.05, 4.69) is 4.74 Å². The van der Waals surface area contributed by atoms with Gasteiger partial charge in [-0.1, -0.05) is 0 Å². The highest BCUT2D eigenvalue weighted by Crippen LogP contribution is 2.22. The van der Waals surface area contributed by atoms with Crippen molar-refractivity contribution in [3.63, 3.8) is 0 Å². The average molecular weight is 175 g/mol. The van der Waals surface area contributed by atoms with Crippen molar-refractivity contribution in [2.24, 2.45) is 0 Å². The summed E-state index contributed by atoms with van der Waals surface area (Å²) in [5.74, 6) is -0.639. The molecule has 0 bridgehead atoms. The van der Waals surface area contributed by atoms with Crippen LogP contribution in [0.1, 0.15) is 13.8 Å². The zero-order valence-electron chi connectivity index (χ0n) is 7.03. The first-order chi connectivity index (χ1) is 5.49. The van der Waals surface area contributed by atoms with E-state index < -0.39 is 11.9 Å². The molecule has 1 atom stereocenters. The van der Waals surface area contributed by atoms with E-state index in [0.717, 1.165) is 0 Å². The molecule has 5 heteroatoms. The SMILES string of the molecule is CC1(C)OC[C@H](COC([O])=O)O1. The molecular weight excluding hydrogens is 164 g/mol. The van der Waals surface area contributed by atoms with Crippen molar-refractivity contribution < 1.29 is 24.1 Å². The van der Waals surface area contributed by atoms with E-state index in [9.17, 15) is 9.90 Å². The lowest BCUT2D eigenvalue weighted by atomic mass is 10.4. The zero-order chi connectivity index (χ0) is 9.19. The summed E-state index contributed by atoms with van der Waals surface area (Å²) in [5, 5.41) is 9.89. The molecule has 1 saturated heterocycles. The van der Waals surface area contributed by atoms with E-state index in [4.69, 9.17) is 9.47 Å². The van der Waals surface area contributed by atoms with Gasteiger partial charge in [0.2, 0.25) is 0 Å². The van der Waals surface area contributed by atoms with E-state index >= 15 is 0 Å². The fourth-order valence-corrected chi connectivity index (χ4v) is 1.01. The number of carbonyl (C=O) groups excluding carboxylic acids is 1. The second-order valence-corrected chi connectivity index (χ2v) is 3.01. The lowest BCUT2D eigenvalue weighted by Gasteiger charge is -2.16. The van der Waals surface area contributed by atoms with E-state index in [1.165, 1.54) is 0 Å². The van der Waals surface area contributed by atoms with Gasteiger partial charge in [0.1, 0.15) is 12.7 Å². The van der Waals surface area contributed by atoms with Crippen molar-refractivity contribution >= 4 is 6.16 Å².